The number of nitrogens with zero attached hydrogens (tertiary/aromatic N) is 1. The summed E-state index contributed by atoms with van der Waals surface area (Å²) in [5.41, 5.74) is 1.05. The first-order valence-electron chi connectivity index (χ1n) is 3.03. The molecule has 0 unspecified atom stereocenters. The number of methoxy groups -OCH3 is 1. The molecule has 0 aliphatic heterocycles. The van der Waals surface area contributed by atoms with Crippen molar-refractivity contribution < 1.29 is 4.74 Å². The summed E-state index contributed by atoms with van der Waals surface area (Å²) in [5.74, 6) is 0. The SMILES string of the molecule is CO/C=C\c1cccnc1. The van der Waals surface area contributed by atoms with E-state index in [0.29, 0.717) is 0 Å². The van der Waals surface area contributed by atoms with Crippen LogP contribution in [0.4, 0.5) is 0 Å². The highest BCUT2D eigenvalue weighted by Gasteiger charge is 1.80. The molecular formula is C8H9NO. The van der Waals surface area contributed by atoms with Gasteiger partial charge < -0.3 is 4.74 Å². The van der Waals surface area contributed by atoms with Crippen molar-refractivity contribution in [2.75, 3.05) is 7.11 Å². The van der Waals surface area contributed by atoms with Gasteiger partial charge in [0.05, 0.1) is 13.4 Å². The minimum atomic E-state index is 1.05. The number of pyridine rings is 1. The molecule has 10 heavy (non-hydrogen) atoms. The van der Waals surface area contributed by atoms with E-state index in [9.17, 15) is 0 Å². The molecule has 0 bridgehead atoms. The maximum absolute atomic E-state index is 4.74. The minimum absolute atomic E-state index is 1.05. The van der Waals surface area contributed by atoms with E-state index in [4.69, 9.17) is 4.74 Å². The summed E-state index contributed by atoms with van der Waals surface area (Å²) in [6, 6.07) is 3.85. The van der Waals surface area contributed by atoms with Gasteiger partial charge in [-0.25, -0.2) is 0 Å². The second-order valence-corrected chi connectivity index (χ2v) is 1.82. The highest BCUT2D eigenvalue weighted by atomic mass is 16.5. The van der Waals surface area contributed by atoms with Gasteiger partial charge >= 0.3 is 0 Å². The van der Waals surface area contributed by atoms with Gasteiger partial charge in [0, 0.05) is 12.4 Å². The van der Waals surface area contributed by atoms with E-state index in [1.165, 1.54) is 0 Å². The van der Waals surface area contributed by atoms with Crippen LogP contribution < -0.4 is 0 Å². The standard InChI is InChI=1S/C8H9NO/c1-10-6-4-8-3-2-5-9-7-8/h2-7H,1H3/b6-4-. The fourth-order valence-electron chi connectivity index (χ4n) is 0.621. The van der Waals surface area contributed by atoms with Crippen LogP contribution in [0.3, 0.4) is 0 Å². The molecule has 1 aromatic heterocycles. The number of rotatable bonds is 2. The van der Waals surface area contributed by atoms with E-state index in [1.807, 2.05) is 18.2 Å². The molecule has 0 fully saturated rings. The molecule has 0 saturated carbocycles. The molecular weight excluding hydrogens is 126 g/mol. The maximum Gasteiger partial charge on any atom is 0.0831 e. The molecule has 1 rings (SSSR count). The lowest BCUT2D eigenvalue weighted by atomic mass is 10.3. The zero-order chi connectivity index (χ0) is 7.23. The molecule has 0 aromatic carbocycles. The number of hydrogen-bond donors (Lipinski definition) is 0. The average Bonchev–Trinajstić information content (AvgIpc) is 2.03. The summed E-state index contributed by atoms with van der Waals surface area (Å²) >= 11 is 0. The van der Waals surface area contributed by atoms with Crippen LogP contribution >= 0.6 is 0 Å². The van der Waals surface area contributed by atoms with Gasteiger partial charge in [0.25, 0.3) is 0 Å². The fourth-order valence-corrected chi connectivity index (χ4v) is 0.621. The Morgan fingerprint density at radius 2 is 2.50 bits per heavy atom. The topological polar surface area (TPSA) is 22.1 Å². The lowest BCUT2D eigenvalue weighted by Gasteiger charge is -1.88. The summed E-state index contributed by atoms with van der Waals surface area (Å²) in [5, 5.41) is 0. The van der Waals surface area contributed by atoms with Crippen LogP contribution in [0, 0.1) is 0 Å². The molecule has 0 spiro atoms. The molecule has 2 heteroatoms. The van der Waals surface area contributed by atoms with E-state index >= 15 is 0 Å². The van der Waals surface area contributed by atoms with Crippen LogP contribution in [0.1, 0.15) is 5.56 Å². The third-order valence-electron chi connectivity index (χ3n) is 1.08. The minimum Gasteiger partial charge on any atom is -0.504 e. The Labute approximate surface area is 60.2 Å². The molecule has 52 valence electrons. The molecule has 0 aliphatic rings. The number of aromatic nitrogens is 1. The first-order chi connectivity index (χ1) is 4.93. The lowest BCUT2D eigenvalue weighted by Crippen LogP contribution is -1.73. The van der Waals surface area contributed by atoms with Crippen LogP contribution in [0.15, 0.2) is 30.8 Å². The van der Waals surface area contributed by atoms with Crippen LogP contribution in [0.25, 0.3) is 6.08 Å². The monoisotopic (exact) mass is 135 g/mol. The van der Waals surface area contributed by atoms with E-state index in [1.54, 1.807) is 25.8 Å². The van der Waals surface area contributed by atoms with E-state index in [0.717, 1.165) is 5.56 Å². The fraction of sp³-hybridized carbons (Fsp3) is 0.125. The van der Waals surface area contributed by atoms with Crippen molar-refractivity contribution >= 4 is 6.08 Å². The van der Waals surface area contributed by atoms with Crippen molar-refractivity contribution in [2.45, 2.75) is 0 Å². The van der Waals surface area contributed by atoms with Crippen molar-refractivity contribution in [1.29, 1.82) is 0 Å². The van der Waals surface area contributed by atoms with E-state index < -0.39 is 0 Å². The van der Waals surface area contributed by atoms with Gasteiger partial charge in [0.15, 0.2) is 0 Å². The van der Waals surface area contributed by atoms with Crippen molar-refractivity contribution in [1.82, 2.24) is 4.98 Å². The van der Waals surface area contributed by atoms with Crippen molar-refractivity contribution in [2.24, 2.45) is 0 Å². The summed E-state index contributed by atoms with van der Waals surface area (Å²) in [4.78, 5) is 3.93. The van der Waals surface area contributed by atoms with Gasteiger partial charge in [-0.3, -0.25) is 4.98 Å². The van der Waals surface area contributed by atoms with Crippen LogP contribution in [-0.2, 0) is 4.74 Å². The van der Waals surface area contributed by atoms with Crippen LogP contribution in [-0.4, -0.2) is 12.1 Å². The first kappa shape index (κ1) is 6.81. The number of hydrogen-bond acceptors (Lipinski definition) is 2. The third kappa shape index (κ3) is 1.90. The normalized spacial score (nSPS) is 10.1. The molecule has 0 radical (unpaired) electrons. The summed E-state index contributed by atoms with van der Waals surface area (Å²) in [6.07, 6.45) is 6.99. The Kier molecular flexibility index (Phi) is 2.49. The Balaban J connectivity index is 2.67. The van der Waals surface area contributed by atoms with Crippen molar-refractivity contribution in [3.05, 3.63) is 36.4 Å². The third-order valence-corrected chi connectivity index (χ3v) is 1.08. The van der Waals surface area contributed by atoms with Crippen molar-refractivity contribution in [3.8, 4) is 0 Å². The van der Waals surface area contributed by atoms with Gasteiger partial charge in [0.2, 0.25) is 0 Å². The molecule has 1 aromatic rings. The second kappa shape index (κ2) is 3.67. The zero-order valence-electron chi connectivity index (χ0n) is 5.82. The molecule has 0 aliphatic carbocycles. The highest BCUT2D eigenvalue weighted by molar-refractivity contribution is 5.45. The Hall–Kier alpha value is -1.31. The van der Waals surface area contributed by atoms with E-state index in [2.05, 4.69) is 4.98 Å². The summed E-state index contributed by atoms with van der Waals surface area (Å²) < 4.78 is 4.74. The van der Waals surface area contributed by atoms with Gasteiger partial charge in [-0.15, -0.1) is 0 Å². The van der Waals surface area contributed by atoms with Gasteiger partial charge in [0.1, 0.15) is 0 Å². The Morgan fingerprint density at radius 1 is 1.60 bits per heavy atom. The largest absolute Gasteiger partial charge is 0.504 e. The predicted octanol–water partition coefficient (Wildman–Crippen LogP) is 1.70. The predicted molar refractivity (Wildman–Crippen MR) is 40.3 cm³/mol. The summed E-state index contributed by atoms with van der Waals surface area (Å²) in [7, 11) is 1.62. The second-order valence-electron chi connectivity index (χ2n) is 1.82. The quantitative estimate of drug-likeness (QED) is 0.576. The van der Waals surface area contributed by atoms with Gasteiger partial charge in [-0.1, -0.05) is 6.07 Å². The Bertz CT molecular complexity index is 206. The number of ether oxygens (including phenoxy) is 1. The van der Waals surface area contributed by atoms with E-state index in [-0.39, 0.29) is 0 Å². The van der Waals surface area contributed by atoms with Crippen molar-refractivity contribution in [3.63, 3.8) is 0 Å². The van der Waals surface area contributed by atoms with Gasteiger partial charge in [-0.2, -0.15) is 0 Å². The maximum atomic E-state index is 4.74. The average molecular weight is 135 g/mol. The molecule has 0 saturated heterocycles. The molecule has 0 N–H and O–H groups in total. The zero-order valence-corrected chi connectivity index (χ0v) is 5.82. The first-order valence-corrected chi connectivity index (χ1v) is 3.03. The van der Waals surface area contributed by atoms with Gasteiger partial charge in [-0.05, 0) is 17.7 Å². The highest BCUT2D eigenvalue weighted by Crippen LogP contribution is 1.97. The Morgan fingerprint density at radius 3 is 3.10 bits per heavy atom. The van der Waals surface area contributed by atoms with Crippen LogP contribution in [0.5, 0.6) is 0 Å². The summed E-state index contributed by atoms with van der Waals surface area (Å²) in [6.45, 7) is 0. The smallest absolute Gasteiger partial charge is 0.0831 e. The molecule has 2 nitrogen and oxygen atoms in total. The molecule has 0 amide bonds. The van der Waals surface area contributed by atoms with Crippen LogP contribution in [0.2, 0.25) is 0 Å². The lowest BCUT2D eigenvalue weighted by molar-refractivity contribution is 0.341. The molecule has 1 heterocycles. The molecule has 0 atom stereocenters.